The molecule has 2 aromatic rings. The van der Waals surface area contributed by atoms with E-state index in [-0.39, 0.29) is 17.2 Å². The van der Waals surface area contributed by atoms with E-state index in [1.807, 2.05) is 6.07 Å². The van der Waals surface area contributed by atoms with E-state index in [9.17, 15) is 13.2 Å². The number of esters is 1. The maximum Gasteiger partial charge on any atom is 0.354 e. The highest BCUT2D eigenvalue weighted by atomic mass is 32.2. The molecule has 0 unspecified atom stereocenters. The van der Waals surface area contributed by atoms with Crippen LogP contribution in [-0.4, -0.2) is 56.0 Å². The average molecular weight is 420 g/mol. The maximum atomic E-state index is 13.3. The molecule has 7 nitrogen and oxygen atoms in total. The molecule has 2 heterocycles. The predicted molar refractivity (Wildman–Crippen MR) is 113 cm³/mol. The van der Waals surface area contributed by atoms with E-state index < -0.39 is 16.0 Å². The van der Waals surface area contributed by atoms with E-state index in [2.05, 4.69) is 30.9 Å². The Morgan fingerprint density at radius 1 is 1.10 bits per heavy atom. The van der Waals surface area contributed by atoms with E-state index in [0.29, 0.717) is 31.9 Å². The topological polar surface area (TPSA) is 71.8 Å². The van der Waals surface area contributed by atoms with Gasteiger partial charge in [0.15, 0.2) is 0 Å². The van der Waals surface area contributed by atoms with E-state index in [1.165, 1.54) is 21.5 Å². The van der Waals surface area contributed by atoms with Crippen molar-refractivity contribution in [2.45, 2.75) is 32.6 Å². The standard InChI is InChI=1S/C21H29N3O4S/c1-6-28-21(25)19-14-20(17(4)22(19)5)29(26,27)24-12-10-23(11-13-24)18-9-7-8-15(2)16(18)3/h7-9,14H,6,10-13H2,1-5H3. The molecule has 1 aromatic heterocycles. The van der Waals surface area contributed by atoms with Crippen molar-refractivity contribution in [1.29, 1.82) is 0 Å². The van der Waals surface area contributed by atoms with Crippen LogP contribution in [0.3, 0.4) is 0 Å². The number of nitrogens with zero attached hydrogens (tertiary/aromatic N) is 3. The number of carbonyl (C=O) groups is 1. The molecule has 0 spiro atoms. The predicted octanol–water partition coefficient (Wildman–Crippen LogP) is 2.64. The highest BCUT2D eigenvalue weighted by molar-refractivity contribution is 7.89. The second kappa shape index (κ2) is 8.20. The normalized spacial score (nSPS) is 15.6. The van der Waals surface area contributed by atoms with E-state index >= 15 is 0 Å². The molecule has 3 rings (SSSR count). The maximum absolute atomic E-state index is 13.3. The molecule has 29 heavy (non-hydrogen) atoms. The van der Waals surface area contributed by atoms with Gasteiger partial charge in [-0.15, -0.1) is 0 Å². The van der Waals surface area contributed by atoms with Crippen LogP contribution in [0, 0.1) is 20.8 Å². The van der Waals surface area contributed by atoms with Gasteiger partial charge in [-0.05, 0) is 51.0 Å². The Kier molecular flexibility index (Phi) is 6.05. The summed E-state index contributed by atoms with van der Waals surface area (Å²) in [5, 5.41) is 0. The van der Waals surface area contributed by atoms with Crippen LogP contribution >= 0.6 is 0 Å². The lowest BCUT2D eigenvalue weighted by molar-refractivity contribution is 0.0515. The Morgan fingerprint density at radius 2 is 1.76 bits per heavy atom. The molecule has 0 atom stereocenters. The number of aryl methyl sites for hydroxylation is 1. The number of anilines is 1. The number of sulfonamides is 1. The lowest BCUT2D eigenvalue weighted by Crippen LogP contribution is -2.49. The first-order valence-electron chi connectivity index (χ1n) is 9.83. The molecule has 1 saturated heterocycles. The summed E-state index contributed by atoms with van der Waals surface area (Å²) in [4.78, 5) is 14.5. The molecule has 0 N–H and O–H groups in total. The molecule has 1 aliphatic rings. The molecule has 1 fully saturated rings. The molecule has 158 valence electrons. The van der Waals surface area contributed by atoms with Gasteiger partial charge in [0.05, 0.1) is 6.61 Å². The summed E-state index contributed by atoms with van der Waals surface area (Å²) >= 11 is 0. The highest BCUT2D eigenvalue weighted by Crippen LogP contribution is 2.28. The molecule has 0 aliphatic carbocycles. The summed E-state index contributed by atoms with van der Waals surface area (Å²) < 4.78 is 34.7. The van der Waals surface area contributed by atoms with Gasteiger partial charge in [-0.25, -0.2) is 13.2 Å². The molecule has 0 radical (unpaired) electrons. The molecular weight excluding hydrogens is 390 g/mol. The molecular formula is C21H29N3O4S. The van der Waals surface area contributed by atoms with Crippen LogP contribution in [0.4, 0.5) is 5.69 Å². The monoisotopic (exact) mass is 419 g/mol. The Morgan fingerprint density at radius 3 is 2.38 bits per heavy atom. The lowest BCUT2D eigenvalue weighted by Gasteiger charge is -2.36. The fourth-order valence-corrected chi connectivity index (χ4v) is 5.41. The lowest BCUT2D eigenvalue weighted by atomic mass is 10.1. The van der Waals surface area contributed by atoms with Crippen LogP contribution in [-0.2, 0) is 21.8 Å². The minimum atomic E-state index is -3.69. The van der Waals surface area contributed by atoms with Crippen molar-refractivity contribution in [3.8, 4) is 0 Å². The molecule has 0 bridgehead atoms. The van der Waals surface area contributed by atoms with Gasteiger partial charge in [0.2, 0.25) is 10.0 Å². The van der Waals surface area contributed by atoms with Crippen LogP contribution in [0.1, 0.15) is 34.2 Å². The second-order valence-electron chi connectivity index (χ2n) is 7.37. The van der Waals surface area contributed by atoms with Crippen LogP contribution in [0.25, 0.3) is 0 Å². The zero-order valence-corrected chi connectivity index (χ0v) is 18.5. The van der Waals surface area contributed by atoms with Crippen molar-refractivity contribution in [2.24, 2.45) is 7.05 Å². The number of hydrogen-bond acceptors (Lipinski definition) is 5. The minimum absolute atomic E-state index is 0.170. The van der Waals surface area contributed by atoms with E-state index in [4.69, 9.17) is 4.74 Å². The van der Waals surface area contributed by atoms with Crippen LogP contribution in [0.5, 0.6) is 0 Å². The third-order valence-corrected chi connectivity index (χ3v) is 7.76. The SMILES string of the molecule is CCOC(=O)c1cc(S(=O)(=O)N2CCN(c3cccc(C)c3C)CC2)c(C)n1C. The van der Waals surface area contributed by atoms with Crippen molar-refractivity contribution in [3.63, 3.8) is 0 Å². The summed E-state index contributed by atoms with van der Waals surface area (Å²) in [6.07, 6.45) is 0. The van der Waals surface area contributed by atoms with Gasteiger partial charge < -0.3 is 14.2 Å². The number of carbonyl (C=O) groups excluding carboxylic acids is 1. The van der Waals surface area contributed by atoms with Gasteiger partial charge in [-0.1, -0.05) is 12.1 Å². The van der Waals surface area contributed by atoms with E-state index in [0.717, 1.165) is 5.69 Å². The fraction of sp³-hybridized carbons (Fsp3) is 0.476. The van der Waals surface area contributed by atoms with Crippen LogP contribution < -0.4 is 4.90 Å². The van der Waals surface area contributed by atoms with Crippen LogP contribution in [0.15, 0.2) is 29.2 Å². The Labute approximate surface area is 172 Å². The van der Waals surface area contributed by atoms with E-state index in [1.54, 1.807) is 25.5 Å². The zero-order chi connectivity index (χ0) is 21.3. The quantitative estimate of drug-likeness (QED) is 0.697. The average Bonchev–Trinajstić information content (AvgIpc) is 3.00. The van der Waals surface area contributed by atoms with Crippen molar-refractivity contribution >= 4 is 21.7 Å². The summed E-state index contributed by atoms with van der Waals surface area (Å²) in [7, 11) is -2.01. The molecule has 0 amide bonds. The first kappa shape index (κ1) is 21.4. The molecule has 1 aliphatic heterocycles. The minimum Gasteiger partial charge on any atom is -0.461 e. The Hall–Kier alpha value is -2.32. The summed E-state index contributed by atoms with van der Waals surface area (Å²) in [6.45, 7) is 9.91. The second-order valence-corrected chi connectivity index (χ2v) is 9.28. The largest absolute Gasteiger partial charge is 0.461 e. The number of ether oxygens (including phenoxy) is 1. The first-order chi connectivity index (χ1) is 13.7. The van der Waals surface area contributed by atoms with Crippen molar-refractivity contribution in [2.75, 3.05) is 37.7 Å². The summed E-state index contributed by atoms with van der Waals surface area (Å²) in [5.74, 6) is -0.515. The van der Waals surface area contributed by atoms with Crippen molar-refractivity contribution < 1.29 is 17.9 Å². The molecule has 8 heteroatoms. The third kappa shape index (κ3) is 3.91. The number of benzene rings is 1. The summed E-state index contributed by atoms with van der Waals surface area (Å²) in [6, 6.07) is 7.63. The van der Waals surface area contributed by atoms with Crippen LogP contribution in [0.2, 0.25) is 0 Å². The van der Waals surface area contributed by atoms with Gasteiger partial charge in [0.25, 0.3) is 0 Å². The smallest absolute Gasteiger partial charge is 0.354 e. The molecule has 0 saturated carbocycles. The Bertz CT molecular complexity index is 1020. The van der Waals surface area contributed by atoms with Crippen molar-refractivity contribution in [1.82, 2.24) is 8.87 Å². The fourth-order valence-electron chi connectivity index (χ4n) is 3.72. The number of piperazine rings is 1. The zero-order valence-electron chi connectivity index (χ0n) is 17.7. The van der Waals surface area contributed by atoms with Gasteiger partial charge in [0, 0.05) is 44.6 Å². The first-order valence-corrected chi connectivity index (χ1v) is 11.3. The number of rotatable bonds is 5. The molecule has 1 aromatic carbocycles. The Balaban J connectivity index is 1.81. The number of aromatic nitrogens is 1. The van der Waals surface area contributed by atoms with Crippen molar-refractivity contribution in [3.05, 3.63) is 46.8 Å². The third-order valence-electron chi connectivity index (χ3n) is 5.75. The van der Waals surface area contributed by atoms with Gasteiger partial charge in [-0.3, -0.25) is 0 Å². The van der Waals surface area contributed by atoms with Gasteiger partial charge in [0.1, 0.15) is 10.6 Å². The van der Waals surface area contributed by atoms with Gasteiger partial charge >= 0.3 is 5.97 Å². The number of hydrogen-bond donors (Lipinski definition) is 0. The highest BCUT2D eigenvalue weighted by Gasteiger charge is 2.33. The van der Waals surface area contributed by atoms with Gasteiger partial charge in [-0.2, -0.15) is 4.31 Å². The summed E-state index contributed by atoms with van der Waals surface area (Å²) in [5.41, 5.74) is 4.38.